The first-order chi connectivity index (χ1) is 60.9. The summed E-state index contributed by atoms with van der Waals surface area (Å²) in [7, 11) is -11.3. The van der Waals surface area contributed by atoms with Crippen LogP contribution < -0.4 is 17.9 Å². The summed E-state index contributed by atoms with van der Waals surface area (Å²) in [5.74, 6) is 8.62. The van der Waals surface area contributed by atoms with Crippen LogP contribution in [0.15, 0.2) is 146 Å². The zero-order valence-electron chi connectivity index (χ0n) is 79.9. The van der Waals surface area contributed by atoms with E-state index in [1.54, 1.807) is 39.5 Å². The highest BCUT2D eigenvalue weighted by atomic mass is 35.5. The van der Waals surface area contributed by atoms with Gasteiger partial charge < -0.3 is 19.3 Å². The van der Waals surface area contributed by atoms with E-state index in [0.717, 1.165) is 129 Å². The molecule has 0 atom stereocenters. The summed E-state index contributed by atoms with van der Waals surface area (Å²) in [5, 5.41) is 9.12. The van der Waals surface area contributed by atoms with Gasteiger partial charge in [-0.2, -0.15) is 43.2 Å². The molecule has 0 saturated heterocycles. The summed E-state index contributed by atoms with van der Waals surface area (Å²) in [6.07, 6.45) is 25.4. The molecule has 7 aromatic carbocycles. The molecule has 0 bridgehead atoms. The standard InChI is InChI=1S/C17H22OSi.C14H14O.C13H16O2.C13H16O.C13H18O.C12H14O2.C11H12O2.C7H3ClF6N2O4S2.C5H10Si/c1-17(2)10-8-16(18)14-7-6-13(12-15(14)17)9-11-19(3,4)5;1-4-10-5-6-11-12(9-10)14(2,3)8-7-13(11)15;1-13(2)7-6-12(14)10-5-4-9(15-3)8-11(10)13;1-9-4-5-10-11(8-9)13(2,3)7-6-12(10)14;1-13(2)8-4-5-10-6-7-11(14-3)9-12(10)13;1-12(2)6-5-11(14)9-4-3-8(13)7-10(9)12;1-13-9-6-5-8-3-2-4-11(12)10(8)7-9;8-4-1-2-5(15-3-4)16(21(17,18)6(9,10)11)22(19,20)7(12,13)14;1-5-6(2,3)4/h6-7,12H,8,10H2,1-5H3;1,5-6,9H,7-8H2,2-3H3;4-5,8H,6-7H2,1-3H3;4-5,8H,6-7H2,1-3H3;6-7,9H,4-5,8H2,1-3H3;3-4,7,13H,5-6H2,1-2H3;5-7H,2-4H2,1H3;1-3H;1H,2-4H3. The monoisotopic (exact) mass is 1910 g/mol. The Hall–Kier alpha value is -10.4. The molecule has 0 aliphatic heterocycles. The Morgan fingerprint density at radius 3 is 1.17 bits per heavy atom. The lowest BCUT2D eigenvalue weighted by molar-refractivity contribution is -0.0463. The number of pyridine rings is 1. The van der Waals surface area contributed by atoms with Crippen LogP contribution in [0.2, 0.25) is 44.3 Å². The van der Waals surface area contributed by atoms with E-state index in [1.807, 2.05) is 78.9 Å². The highest BCUT2D eigenvalue weighted by molar-refractivity contribution is 8.11. The Morgan fingerprint density at radius 1 is 0.409 bits per heavy atom. The number of anilines is 1. The summed E-state index contributed by atoms with van der Waals surface area (Å²) in [4.78, 5) is 73.1. The lowest BCUT2D eigenvalue weighted by Gasteiger charge is -2.32. The van der Waals surface area contributed by atoms with E-state index in [-0.39, 0.29) is 72.8 Å². The molecule has 15 rings (SSSR count). The number of carbonyl (C=O) groups excluding carboxylic acids is 6. The molecule has 0 amide bonds. The molecule has 0 spiro atoms. The van der Waals surface area contributed by atoms with Crippen molar-refractivity contribution in [2.45, 2.75) is 276 Å². The van der Waals surface area contributed by atoms with Crippen LogP contribution in [0.1, 0.15) is 296 Å². The number of phenolic OH excluding ortho intramolecular Hbond substituents is 1. The number of ketones is 6. The molecule has 132 heavy (non-hydrogen) atoms. The fourth-order valence-electron chi connectivity index (χ4n) is 16.0. The van der Waals surface area contributed by atoms with Crippen LogP contribution in [0.4, 0.5) is 32.2 Å². The second-order valence-corrected chi connectivity index (χ2v) is 53.5. The Labute approximate surface area is 784 Å². The second kappa shape index (κ2) is 43.3. The van der Waals surface area contributed by atoms with Crippen molar-refractivity contribution < 1.29 is 91.3 Å². The molecule has 7 aliphatic carbocycles. The van der Waals surface area contributed by atoms with E-state index >= 15 is 0 Å². The van der Waals surface area contributed by atoms with E-state index in [1.165, 1.54) is 47.1 Å². The van der Waals surface area contributed by atoms with Crippen molar-refractivity contribution in [3.05, 3.63) is 245 Å². The first-order valence-electron chi connectivity index (χ1n) is 43.9. The van der Waals surface area contributed by atoms with E-state index in [9.17, 15) is 77.1 Å². The average molecular weight is 1910 g/mol. The topological polar surface area (TPSA) is 235 Å². The number of carbonyl (C=O) groups is 6. The van der Waals surface area contributed by atoms with Crippen molar-refractivity contribution in [1.29, 1.82) is 0 Å². The second-order valence-electron chi connectivity index (χ2n) is 39.8. The predicted octanol–water partition coefficient (Wildman–Crippen LogP) is 25.2. The van der Waals surface area contributed by atoms with E-state index < -0.39 is 56.7 Å². The third-order valence-corrected chi connectivity index (χ3v) is 29.9. The maximum Gasteiger partial charge on any atom is 0.517 e. The van der Waals surface area contributed by atoms with Crippen LogP contribution in [-0.4, -0.2) is 110 Å². The normalized spacial score (nSPS) is 17.0. The van der Waals surface area contributed by atoms with Gasteiger partial charge in [0.05, 0.1) is 26.4 Å². The summed E-state index contributed by atoms with van der Waals surface area (Å²) in [6, 6.07) is 41.9. The lowest BCUT2D eigenvalue weighted by atomic mass is 9.72. The molecule has 1 aromatic heterocycles. The Kier molecular flexibility index (Phi) is 35.6. The summed E-state index contributed by atoms with van der Waals surface area (Å²) < 4.78 is 133. The molecular weight excluding hydrogens is 1780 g/mol. The predicted molar refractivity (Wildman–Crippen MR) is 519 cm³/mol. The van der Waals surface area contributed by atoms with Crippen LogP contribution in [0.3, 0.4) is 0 Å². The van der Waals surface area contributed by atoms with Gasteiger partial charge in [-0.1, -0.05) is 182 Å². The molecule has 7 aliphatic rings. The maximum atomic E-state index is 12.5. The molecule has 1 heterocycles. The first-order valence-corrected chi connectivity index (χ1v) is 54.2. The SMILES string of the molecule is C#C[Si](C)(C)C.C#Cc1ccc2c(c1)C(C)(C)CCC2=O.CC1(C)CCC(=O)c2ccc(C#C[Si](C)(C)C)cc21.CC1(C)CCC(=O)c2ccc(O)cc21.COc1ccc2c(c1)C(=O)CCC2.COc1ccc2c(c1)C(C)(C)CCC2.COc1ccc2c(c1)C(C)(C)CCC2=O.Cc1ccc2c(c1)C(C)(C)CCC2=O.O=S(=O)(N(c1ccc(Cl)cn1)S(=O)(=O)C(F)(F)F)C(F)(F)F. The van der Waals surface area contributed by atoms with Gasteiger partial charge in [0.2, 0.25) is 0 Å². The number of nitrogens with zero attached hydrogens (tertiary/aromatic N) is 2. The number of fused-ring (bicyclic) bond motifs is 7. The average Bonchev–Trinajstić information content (AvgIpc) is 0.737. The van der Waals surface area contributed by atoms with Crippen LogP contribution >= 0.6 is 11.6 Å². The number of Topliss-reactive ketones (excluding diaryl/α,β-unsaturated/α-hetero) is 6. The minimum absolute atomic E-state index is 0.00197. The molecule has 708 valence electrons. The molecule has 0 radical (unpaired) electrons. The molecule has 8 aromatic rings. The number of alkyl halides is 6. The largest absolute Gasteiger partial charge is 0.517 e. The Morgan fingerprint density at radius 2 is 0.758 bits per heavy atom. The van der Waals surface area contributed by atoms with Crippen molar-refractivity contribution in [1.82, 2.24) is 4.98 Å². The zero-order chi connectivity index (χ0) is 99.3. The van der Waals surface area contributed by atoms with Gasteiger partial charge in [0.25, 0.3) is 0 Å². The van der Waals surface area contributed by atoms with Gasteiger partial charge in [0.1, 0.15) is 39.1 Å². The van der Waals surface area contributed by atoms with Crippen LogP contribution in [-0.2, 0) is 65.4 Å². The Bertz CT molecular complexity index is 5890. The number of aromatic nitrogens is 1. The summed E-state index contributed by atoms with van der Waals surface area (Å²) >= 11 is 5.30. The number of halogens is 7. The molecule has 0 saturated carbocycles. The number of hydrogen-bond acceptors (Lipinski definition) is 15. The number of aromatic hydroxyl groups is 1. The number of ether oxygens (including phenoxy) is 3. The van der Waals surface area contributed by atoms with Crippen molar-refractivity contribution in [3.8, 4) is 58.8 Å². The molecule has 1 N–H and O–H groups in total. The summed E-state index contributed by atoms with van der Waals surface area (Å²) in [5.41, 5.74) is 12.3. The molecule has 16 nitrogen and oxygen atoms in total. The van der Waals surface area contributed by atoms with Crippen molar-refractivity contribution >= 4 is 88.3 Å². The maximum absolute atomic E-state index is 12.5. The van der Waals surface area contributed by atoms with E-state index in [0.29, 0.717) is 62.0 Å². The number of benzene rings is 7. The quantitative estimate of drug-likeness (QED) is 0.0926. The smallest absolute Gasteiger partial charge is 0.508 e. The number of sulfonamides is 2. The van der Waals surface area contributed by atoms with Gasteiger partial charge in [-0.05, 0) is 257 Å². The number of methoxy groups -OCH3 is 3. The van der Waals surface area contributed by atoms with Crippen molar-refractivity contribution in [2.24, 2.45) is 0 Å². The van der Waals surface area contributed by atoms with Crippen LogP contribution in [0.5, 0.6) is 23.0 Å². The van der Waals surface area contributed by atoms with Gasteiger partial charge >= 0.3 is 31.1 Å². The molecule has 0 unspecified atom stereocenters. The van der Waals surface area contributed by atoms with Gasteiger partial charge in [-0.3, -0.25) is 28.8 Å². The zero-order valence-corrected chi connectivity index (χ0v) is 84.3. The molecular formula is C105H125ClF6N2O14S2Si2. The first kappa shape index (κ1) is 109. The van der Waals surface area contributed by atoms with E-state index in [4.69, 9.17) is 38.7 Å². The van der Waals surface area contributed by atoms with Crippen LogP contribution in [0, 0.1) is 42.7 Å². The Balaban J connectivity index is 0.000000205. The van der Waals surface area contributed by atoms with Gasteiger partial charge in [0, 0.05) is 89.2 Å². The molecule has 27 heteroatoms. The van der Waals surface area contributed by atoms with Crippen LogP contribution in [0.25, 0.3) is 0 Å². The minimum atomic E-state index is -6.93. The fourth-order valence-corrected chi connectivity index (χ4v) is 19.3. The summed E-state index contributed by atoms with van der Waals surface area (Å²) in [6.45, 7) is 41.7. The molecule has 0 fully saturated rings. The van der Waals surface area contributed by atoms with Gasteiger partial charge in [0.15, 0.2) is 40.5 Å². The third kappa shape index (κ3) is 28.1. The van der Waals surface area contributed by atoms with Crippen molar-refractivity contribution in [3.63, 3.8) is 0 Å². The number of terminal acetylenes is 2. The number of phenols is 1. The van der Waals surface area contributed by atoms with Gasteiger partial charge in [-0.15, -0.1) is 27.6 Å². The van der Waals surface area contributed by atoms with Gasteiger partial charge in [-0.25, -0.2) is 4.98 Å². The van der Waals surface area contributed by atoms with Crippen molar-refractivity contribution in [2.75, 3.05) is 25.0 Å². The third-order valence-electron chi connectivity index (χ3n) is 24.3. The highest BCUT2D eigenvalue weighted by Gasteiger charge is 2.62. The number of aryl methyl sites for hydroxylation is 3. The number of rotatable bonds is 6. The number of hydrogen-bond donors (Lipinski definition) is 1. The highest BCUT2D eigenvalue weighted by Crippen LogP contribution is 2.45. The minimum Gasteiger partial charge on any atom is -0.508 e. The fraction of sp³-hybridized carbons (Fsp3) is 0.438. The lowest BCUT2D eigenvalue weighted by Crippen LogP contribution is -2.49. The van der Waals surface area contributed by atoms with E-state index in [2.05, 4.69) is 188 Å².